The number of fused-ring (bicyclic) bond motifs is 4. The maximum atomic E-state index is 12.6. The standard InChI is InChI=1S/C20H21N3O3S/c24-16-3-1-2-13-12(16)5-4-11-10-21-14(17(11)13)6-8-23-19(25)18-15(7-9-27-18)22-20(23)26/h1-3,7,9,11,14,17,21,24H,4-6,8,10H2,(H,22,26)/t11-,14?,17+/m0/s1. The van der Waals surface area contributed by atoms with Gasteiger partial charge in [-0.25, -0.2) is 4.79 Å². The van der Waals surface area contributed by atoms with Crippen LogP contribution in [-0.4, -0.2) is 27.2 Å². The Morgan fingerprint density at radius 3 is 3.04 bits per heavy atom. The summed E-state index contributed by atoms with van der Waals surface area (Å²) in [7, 11) is 0. The van der Waals surface area contributed by atoms with Crippen molar-refractivity contribution in [3.05, 3.63) is 61.6 Å². The van der Waals surface area contributed by atoms with Gasteiger partial charge in [-0.05, 0) is 60.4 Å². The third-order valence-corrected chi connectivity index (χ3v) is 7.05. The van der Waals surface area contributed by atoms with Crippen molar-refractivity contribution in [3.63, 3.8) is 0 Å². The zero-order valence-corrected chi connectivity index (χ0v) is 15.6. The first-order valence-electron chi connectivity index (χ1n) is 9.38. The lowest BCUT2D eigenvalue weighted by molar-refractivity contribution is 0.381. The third kappa shape index (κ3) is 2.64. The Hall–Kier alpha value is -2.38. The van der Waals surface area contributed by atoms with E-state index in [1.165, 1.54) is 21.5 Å². The molecule has 27 heavy (non-hydrogen) atoms. The number of nitrogens with zero attached hydrogens (tertiary/aromatic N) is 1. The fraction of sp³-hybridized carbons (Fsp3) is 0.400. The molecular weight excluding hydrogens is 362 g/mol. The molecule has 3 aromatic rings. The third-order valence-electron chi connectivity index (χ3n) is 6.15. The predicted molar refractivity (Wildman–Crippen MR) is 106 cm³/mol. The fourth-order valence-corrected chi connectivity index (χ4v) is 5.66. The van der Waals surface area contributed by atoms with Crippen molar-refractivity contribution < 1.29 is 5.11 Å². The van der Waals surface area contributed by atoms with Crippen LogP contribution in [0.25, 0.3) is 10.2 Å². The average molecular weight is 383 g/mol. The summed E-state index contributed by atoms with van der Waals surface area (Å²) >= 11 is 1.36. The van der Waals surface area contributed by atoms with Gasteiger partial charge in [-0.15, -0.1) is 11.3 Å². The number of hydrogen-bond donors (Lipinski definition) is 3. The summed E-state index contributed by atoms with van der Waals surface area (Å²) in [5.74, 6) is 1.24. The zero-order valence-electron chi connectivity index (χ0n) is 14.8. The van der Waals surface area contributed by atoms with Crippen molar-refractivity contribution in [3.8, 4) is 5.75 Å². The van der Waals surface area contributed by atoms with Crippen LogP contribution in [0, 0.1) is 5.92 Å². The van der Waals surface area contributed by atoms with Crippen molar-refractivity contribution in [2.24, 2.45) is 5.92 Å². The summed E-state index contributed by atoms with van der Waals surface area (Å²) in [5, 5.41) is 15.6. The number of rotatable bonds is 3. The van der Waals surface area contributed by atoms with Crippen LogP contribution in [0.15, 0.2) is 39.2 Å². The predicted octanol–water partition coefficient (Wildman–Crippen LogP) is 2.17. The van der Waals surface area contributed by atoms with E-state index in [9.17, 15) is 14.7 Å². The zero-order chi connectivity index (χ0) is 18.5. The van der Waals surface area contributed by atoms with Gasteiger partial charge in [-0.2, -0.15) is 0 Å². The molecule has 3 N–H and O–H groups in total. The lowest BCUT2D eigenvalue weighted by Crippen LogP contribution is -2.37. The molecule has 0 saturated carbocycles. The number of aromatic nitrogens is 2. The molecule has 140 valence electrons. The molecule has 1 aliphatic carbocycles. The minimum absolute atomic E-state index is 0.196. The number of phenols is 1. The van der Waals surface area contributed by atoms with Crippen LogP contribution >= 0.6 is 11.3 Å². The van der Waals surface area contributed by atoms with Gasteiger partial charge in [0.2, 0.25) is 0 Å². The van der Waals surface area contributed by atoms with Crippen molar-refractivity contribution in [2.45, 2.75) is 37.8 Å². The molecule has 0 bridgehead atoms. The molecule has 0 radical (unpaired) electrons. The summed E-state index contributed by atoms with van der Waals surface area (Å²) in [5.41, 5.74) is 2.34. The van der Waals surface area contributed by atoms with E-state index >= 15 is 0 Å². The van der Waals surface area contributed by atoms with Crippen LogP contribution < -0.4 is 16.6 Å². The highest BCUT2D eigenvalue weighted by Crippen LogP contribution is 2.44. The Balaban J connectivity index is 1.44. The molecule has 1 aromatic carbocycles. The average Bonchev–Trinajstić information content (AvgIpc) is 3.29. The molecule has 1 saturated heterocycles. The molecule has 7 heteroatoms. The van der Waals surface area contributed by atoms with Gasteiger partial charge in [0.25, 0.3) is 5.56 Å². The van der Waals surface area contributed by atoms with Gasteiger partial charge < -0.3 is 15.4 Å². The van der Waals surface area contributed by atoms with Gasteiger partial charge in [0.05, 0.1) is 5.52 Å². The first-order valence-corrected chi connectivity index (χ1v) is 10.3. The largest absolute Gasteiger partial charge is 0.508 e. The SMILES string of the molecule is O=c1[nH]c2ccsc2c(=O)n1CCC1NC[C@@H]2CCc3c(O)cccc3[C@H]12. The first kappa shape index (κ1) is 16.8. The van der Waals surface area contributed by atoms with E-state index in [2.05, 4.69) is 16.4 Å². The van der Waals surface area contributed by atoms with E-state index in [1.54, 1.807) is 12.1 Å². The van der Waals surface area contributed by atoms with E-state index < -0.39 is 0 Å². The number of phenolic OH excluding ortho intramolecular Hbond substituents is 1. The summed E-state index contributed by atoms with van der Waals surface area (Å²) in [6, 6.07) is 7.74. The van der Waals surface area contributed by atoms with Gasteiger partial charge in [0.15, 0.2) is 0 Å². The van der Waals surface area contributed by atoms with E-state index in [-0.39, 0.29) is 17.3 Å². The smallest absolute Gasteiger partial charge is 0.328 e. The number of nitrogens with one attached hydrogen (secondary N) is 2. The van der Waals surface area contributed by atoms with Gasteiger partial charge in [0.1, 0.15) is 10.4 Å². The molecular formula is C20H21N3O3S. The first-order chi connectivity index (χ1) is 13.1. The second kappa shape index (κ2) is 6.35. The van der Waals surface area contributed by atoms with Crippen molar-refractivity contribution >= 4 is 21.6 Å². The van der Waals surface area contributed by atoms with Crippen LogP contribution in [-0.2, 0) is 13.0 Å². The van der Waals surface area contributed by atoms with Gasteiger partial charge in [0, 0.05) is 18.5 Å². The number of hydrogen-bond acceptors (Lipinski definition) is 5. The molecule has 2 aromatic heterocycles. The lowest BCUT2D eigenvalue weighted by atomic mass is 9.73. The van der Waals surface area contributed by atoms with Crippen LogP contribution in [0.1, 0.15) is 29.9 Å². The topological polar surface area (TPSA) is 87.1 Å². The Bertz CT molecular complexity index is 1130. The molecule has 6 nitrogen and oxygen atoms in total. The molecule has 1 unspecified atom stereocenters. The summed E-state index contributed by atoms with van der Waals surface area (Å²) in [4.78, 5) is 27.8. The van der Waals surface area contributed by atoms with E-state index in [1.807, 2.05) is 11.4 Å². The molecule has 2 aliphatic rings. The summed E-state index contributed by atoms with van der Waals surface area (Å²) in [6.45, 7) is 1.33. The molecule has 0 amide bonds. The van der Waals surface area contributed by atoms with Gasteiger partial charge >= 0.3 is 5.69 Å². The highest BCUT2D eigenvalue weighted by Gasteiger charge is 2.40. The van der Waals surface area contributed by atoms with E-state index in [4.69, 9.17) is 0 Å². The number of H-pyrrole nitrogens is 1. The fourth-order valence-electron chi connectivity index (χ4n) is 4.87. The van der Waals surface area contributed by atoms with Crippen molar-refractivity contribution in [1.29, 1.82) is 0 Å². The summed E-state index contributed by atoms with van der Waals surface area (Å²) in [6.07, 6.45) is 2.67. The van der Waals surface area contributed by atoms with Crippen LogP contribution in [0.3, 0.4) is 0 Å². The molecule has 5 rings (SSSR count). The maximum absolute atomic E-state index is 12.6. The molecule has 0 spiro atoms. The molecule has 1 aliphatic heterocycles. The van der Waals surface area contributed by atoms with Crippen LogP contribution in [0.2, 0.25) is 0 Å². The highest BCUT2D eigenvalue weighted by molar-refractivity contribution is 7.17. The van der Waals surface area contributed by atoms with Gasteiger partial charge in [-0.3, -0.25) is 9.36 Å². The molecule has 3 heterocycles. The maximum Gasteiger partial charge on any atom is 0.328 e. The Labute approximate surface area is 159 Å². The molecule has 1 fully saturated rings. The Morgan fingerprint density at radius 1 is 1.26 bits per heavy atom. The summed E-state index contributed by atoms with van der Waals surface area (Å²) < 4.78 is 1.92. The minimum Gasteiger partial charge on any atom is -0.508 e. The number of aromatic hydroxyl groups is 1. The second-order valence-corrected chi connectivity index (χ2v) is 8.44. The number of aromatic amines is 1. The van der Waals surface area contributed by atoms with Crippen LogP contribution in [0.4, 0.5) is 0 Å². The van der Waals surface area contributed by atoms with Gasteiger partial charge in [-0.1, -0.05) is 12.1 Å². The van der Waals surface area contributed by atoms with Crippen molar-refractivity contribution in [2.75, 3.05) is 6.54 Å². The molecule has 3 atom stereocenters. The van der Waals surface area contributed by atoms with Crippen LogP contribution in [0.5, 0.6) is 5.75 Å². The normalized spacial score (nSPS) is 24.1. The lowest BCUT2D eigenvalue weighted by Gasteiger charge is -2.31. The Kier molecular flexibility index (Phi) is 3.94. The number of thiophene rings is 1. The Morgan fingerprint density at radius 2 is 2.15 bits per heavy atom. The quantitative estimate of drug-likeness (QED) is 0.647. The van der Waals surface area contributed by atoms with E-state index in [0.717, 1.165) is 24.9 Å². The van der Waals surface area contributed by atoms with Crippen molar-refractivity contribution in [1.82, 2.24) is 14.9 Å². The minimum atomic E-state index is -0.345. The van der Waals surface area contributed by atoms with E-state index in [0.29, 0.717) is 40.8 Å². The second-order valence-electron chi connectivity index (χ2n) is 7.52. The number of benzene rings is 1. The monoisotopic (exact) mass is 383 g/mol. The highest BCUT2D eigenvalue weighted by atomic mass is 32.1.